The van der Waals surface area contributed by atoms with Gasteiger partial charge in [-0.3, -0.25) is 4.67 Å². The molecule has 3 nitrogen and oxygen atoms in total. The highest BCUT2D eigenvalue weighted by molar-refractivity contribution is 8.47. The van der Waals surface area contributed by atoms with E-state index in [9.17, 15) is 0 Å². The van der Waals surface area contributed by atoms with Crippen LogP contribution < -0.4 is 14.9 Å². The highest BCUT2D eigenvalue weighted by atomic mass is 32.7. The lowest BCUT2D eigenvalue weighted by atomic mass is 10.3. The molecule has 130 valence electrons. The molecule has 1 aromatic rings. The lowest BCUT2D eigenvalue weighted by Gasteiger charge is -2.31. The summed E-state index contributed by atoms with van der Waals surface area (Å²) in [5, 5.41) is 1.31. The van der Waals surface area contributed by atoms with E-state index in [1.165, 1.54) is 41.4 Å². The van der Waals surface area contributed by atoms with Crippen molar-refractivity contribution in [3.05, 3.63) is 24.3 Å². The summed E-state index contributed by atoms with van der Waals surface area (Å²) in [5.41, 5.74) is 0. The molecule has 0 aromatic heterocycles. The van der Waals surface area contributed by atoms with E-state index in [0.717, 1.165) is 18.8 Å². The zero-order valence-corrected chi connectivity index (χ0v) is 17.5. The van der Waals surface area contributed by atoms with E-state index in [1.54, 1.807) is 12.0 Å². The van der Waals surface area contributed by atoms with Crippen LogP contribution in [0.2, 0.25) is 0 Å². The summed E-state index contributed by atoms with van der Waals surface area (Å²) in [6.07, 6.45) is 0. The Kier molecular flexibility index (Phi) is 9.54. The normalized spacial score (nSPS) is 21.2. The molecule has 1 aromatic carbocycles. The van der Waals surface area contributed by atoms with Crippen molar-refractivity contribution in [3.63, 3.8) is 0 Å². The van der Waals surface area contributed by atoms with E-state index >= 15 is 0 Å². The lowest BCUT2D eigenvalue weighted by molar-refractivity contribution is -0.875. The highest BCUT2D eigenvalue weighted by Crippen LogP contribution is 2.44. The van der Waals surface area contributed by atoms with Crippen LogP contribution >= 0.6 is 43.0 Å². The molecule has 0 aliphatic carbocycles. The molecule has 0 amide bonds. The fraction of sp³-hybridized carbons (Fsp3) is 0.625. The van der Waals surface area contributed by atoms with E-state index in [1.807, 2.05) is 23.9 Å². The van der Waals surface area contributed by atoms with Gasteiger partial charge in [-0.05, 0) is 24.3 Å². The van der Waals surface area contributed by atoms with Crippen molar-refractivity contribution in [2.75, 3.05) is 63.3 Å². The maximum Gasteiger partial charge on any atom is 0.118 e. The highest BCUT2D eigenvalue weighted by Gasteiger charge is 2.19. The van der Waals surface area contributed by atoms with Crippen LogP contribution in [-0.4, -0.2) is 68.0 Å². The summed E-state index contributed by atoms with van der Waals surface area (Å²) in [6, 6.07) is 8.28. The van der Waals surface area contributed by atoms with Crippen molar-refractivity contribution < 1.29 is 9.64 Å². The van der Waals surface area contributed by atoms with Gasteiger partial charge in [-0.15, -0.1) is 12.2 Å². The van der Waals surface area contributed by atoms with Crippen molar-refractivity contribution in [2.24, 2.45) is 0 Å². The number of methoxy groups -OCH3 is 1. The molecule has 7 heteroatoms. The van der Waals surface area contributed by atoms with Gasteiger partial charge in [0.2, 0.25) is 0 Å². The van der Waals surface area contributed by atoms with Crippen molar-refractivity contribution in [1.82, 2.24) is 4.67 Å². The average Bonchev–Trinajstić information content (AvgIpc) is 2.63. The fourth-order valence-electron chi connectivity index (χ4n) is 2.34. The Labute approximate surface area is 155 Å². The number of hydrogen-bond donors (Lipinski definition) is 2. The topological polar surface area (TPSA) is 16.9 Å². The minimum Gasteiger partial charge on any atom is -0.497 e. The van der Waals surface area contributed by atoms with Crippen LogP contribution in [0.3, 0.4) is 0 Å². The Hall–Kier alpha value is 0.420. The van der Waals surface area contributed by atoms with Gasteiger partial charge in [0, 0.05) is 41.4 Å². The van der Waals surface area contributed by atoms with E-state index in [-0.39, 0.29) is 0 Å². The number of thiol groups is 1. The second-order valence-corrected chi connectivity index (χ2v) is 10.9. The molecule has 2 aliphatic rings. The second kappa shape index (κ2) is 11.1. The third-order valence-corrected chi connectivity index (χ3v) is 8.98. The monoisotopic (exact) mass is 391 g/mol. The zero-order chi connectivity index (χ0) is 16.5. The quantitative estimate of drug-likeness (QED) is 0.604. The van der Waals surface area contributed by atoms with Gasteiger partial charge < -0.3 is 9.64 Å². The Bertz CT molecular complexity index is 437. The van der Waals surface area contributed by atoms with Gasteiger partial charge in [0.1, 0.15) is 5.75 Å². The lowest BCUT2D eigenvalue weighted by Crippen LogP contribution is -3.10. The largest absolute Gasteiger partial charge is 0.497 e. The predicted octanol–water partition coefficient (Wildman–Crippen LogP) is 1.86. The number of nitrogens with one attached hydrogen (secondary N) is 1. The van der Waals surface area contributed by atoms with Gasteiger partial charge in [0.15, 0.2) is 0 Å². The van der Waals surface area contributed by atoms with Crippen LogP contribution in [0.1, 0.15) is 0 Å². The minimum atomic E-state index is -0.452. The number of hydrogen-bond acceptors (Lipinski definition) is 5. The Morgan fingerprint density at radius 1 is 1.04 bits per heavy atom. The molecule has 0 spiro atoms. The molecule has 2 heterocycles. The maximum absolute atomic E-state index is 5.16. The Balaban J connectivity index is 0.000000229. The molecule has 2 saturated heterocycles. The second-order valence-electron chi connectivity index (χ2n) is 5.62. The molecule has 0 bridgehead atoms. The summed E-state index contributed by atoms with van der Waals surface area (Å²) in [6.45, 7) is 5.05. The van der Waals surface area contributed by atoms with Crippen molar-refractivity contribution in [3.8, 4) is 5.75 Å². The summed E-state index contributed by atoms with van der Waals surface area (Å²) >= 11 is 8.88. The van der Waals surface area contributed by atoms with E-state index in [4.69, 9.17) is 17.0 Å². The molecule has 2 fully saturated rings. The summed E-state index contributed by atoms with van der Waals surface area (Å²) in [7, 11) is 3.51. The first-order valence-corrected chi connectivity index (χ1v) is 12.8. The first-order valence-electron chi connectivity index (χ1n) is 8.05. The SMILES string of the molecule is COc1ccc(P(S)N2CCSCC2)cc1.C[NH+]1CCSCC1. The van der Waals surface area contributed by atoms with Gasteiger partial charge in [-0.1, -0.05) is 0 Å². The molecule has 23 heavy (non-hydrogen) atoms. The van der Waals surface area contributed by atoms with Crippen LogP contribution in [0.5, 0.6) is 5.75 Å². The standard InChI is InChI=1S/C11H16NOPS2.C5H11NS/c1-13-10-2-4-11(5-3-10)14(15)12-6-8-16-9-7-12;1-6-2-4-7-5-3-6/h2-5,15H,6-9H2,1H3;2-5H2,1H3/p+1. The van der Waals surface area contributed by atoms with E-state index in [0.29, 0.717) is 0 Å². The number of thioether (sulfide) groups is 2. The van der Waals surface area contributed by atoms with Gasteiger partial charge in [-0.2, -0.15) is 23.5 Å². The van der Waals surface area contributed by atoms with Crippen LogP contribution in [0.15, 0.2) is 24.3 Å². The van der Waals surface area contributed by atoms with E-state index < -0.39 is 7.27 Å². The van der Waals surface area contributed by atoms with Gasteiger partial charge in [0.05, 0.1) is 34.5 Å². The van der Waals surface area contributed by atoms with Gasteiger partial charge >= 0.3 is 0 Å². The molecule has 1 N–H and O–H groups in total. The average molecular weight is 392 g/mol. The first kappa shape index (κ1) is 19.7. The molecular weight excluding hydrogens is 363 g/mol. The molecule has 1 atom stereocenters. The minimum absolute atomic E-state index is 0.452. The zero-order valence-electron chi connectivity index (χ0n) is 14.0. The van der Waals surface area contributed by atoms with Crippen molar-refractivity contribution in [1.29, 1.82) is 0 Å². The Morgan fingerprint density at radius 3 is 2.09 bits per heavy atom. The number of rotatable bonds is 3. The van der Waals surface area contributed by atoms with Gasteiger partial charge in [-0.25, -0.2) is 0 Å². The van der Waals surface area contributed by atoms with E-state index in [2.05, 4.69) is 35.6 Å². The molecular formula is C16H28N2OPS3+. The number of quaternary nitrogens is 1. The Morgan fingerprint density at radius 2 is 1.61 bits per heavy atom. The van der Waals surface area contributed by atoms with Crippen LogP contribution in [0.25, 0.3) is 0 Å². The number of ether oxygens (including phenoxy) is 1. The van der Waals surface area contributed by atoms with Crippen LogP contribution in [0.4, 0.5) is 0 Å². The molecule has 2 aliphatic heterocycles. The maximum atomic E-state index is 5.16. The third-order valence-electron chi connectivity index (χ3n) is 3.91. The molecule has 3 rings (SSSR count). The predicted molar refractivity (Wildman–Crippen MR) is 111 cm³/mol. The van der Waals surface area contributed by atoms with Crippen molar-refractivity contribution in [2.45, 2.75) is 0 Å². The third kappa shape index (κ3) is 7.05. The summed E-state index contributed by atoms with van der Waals surface area (Å²) in [5.74, 6) is 6.11. The molecule has 0 radical (unpaired) electrons. The first-order chi connectivity index (χ1) is 11.2. The van der Waals surface area contributed by atoms with Crippen LogP contribution in [0, 0.1) is 0 Å². The summed E-state index contributed by atoms with van der Waals surface area (Å²) in [4.78, 5) is 1.69. The van der Waals surface area contributed by atoms with Crippen LogP contribution in [-0.2, 0) is 0 Å². The number of nitrogens with zero attached hydrogens (tertiary/aromatic N) is 1. The summed E-state index contributed by atoms with van der Waals surface area (Å²) < 4.78 is 7.64. The van der Waals surface area contributed by atoms with Gasteiger partial charge in [0.25, 0.3) is 0 Å². The molecule has 0 saturated carbocycles. The fourth-order valence-corrected chi connectivity index (χ4v) is 6.96. The number of benzene rings is 1. The smallest absolute Gasteiger partial charge is 0.118 e. The van der Waals surface area contributed by atoms with Crippen molar-refractivity contribution >= 4 is 48.4 Å². The molecule has 1 unspecified atom stereocenters.